The van der Waals surface area contributed by atoms with E-state index in [1.54, 1.807) is 45.8 Å². The number of carbonyl (C=O) groups is 1. The lowest BCUT2D eigenvalue weighted by atomic mass is 10.0. The van der Waals surface area contributed by atoms with Gasteiger partial charge in [-0.15, -0.1) is 0 Å². The van der Waals surface area contributed by atoms with Gasteiger partial charge in [0, 0.05) is 70.1 Å². The second kappa shape index (κ2) is 11.7. The number of nitrogens with two attached hydrogens (primary N) is 1. The maximum Gasteiger partial charge on any atom is 0.250 e. The summed E-state index contributed by atoms with van der Waals surface area (Å²) in [5.41, 5.74) is 9.59. The van der Waals surface area contributed by atoms with Crippen molar-refractivity contribution in [1.82, 2.24) is 24.4 Å². The number of carbonyl (C=O) groups excluding carboxylic acids is 1. The number of anilines is 1. The van der Waals surface area contributed by atoms with Gasteiger partial charge < -0.3 is 20.5 Å². The number of pyridine rings is 2. The zero-order chi connectivity index (χ0) is 27.2. The van der Waals surface area contributed by atoms with Crippen molar-refractivity contribution in [2.75, 3.05) is 26.0 Å². The Morgan fingerprint density at radius 2 is 1.95 bits per heavy atom. The average molecular weight is 531 g/mol. The second-order valence-corrected chi connectivity index (χ2v) is 9.18. The van der Waals surface area contributed by atoms with Crippen LogP contribution in [0.25, 0.3) is 27.6 Å². The molecule has 4 rings (SSSR count). The zero-order valence-electron chi connectivity index (χ0n) is 21.2. The molecule has 0 aliphatic carbocycles. The Morgan fingerprint density at radius 1 is 1.16 bits per heavy atom. The Kier molecular flexibility index (Phi) is 8.12. The second-order valence-electron chi connectivity index (χ2n) is 8.74. The number of allylic oxidation sites excluding steroid dienone is 1. The summed E-state index contributed by atoms with van der Waals surface area (Å²) in [6, 6.07) is 10.9. The van der Waals surface area contributed by atoms with Crippen LogP contribution in [0.5, 0.6) is 0 Å². The van der Waals surface area contributed by atoms with Crippen LogP contribution >= 0.6 is 11.6 Å². The number of nitrogens with zero attached hydrogens (tertiary/aromatic N) is 6. The average Bonchev–Trinajstić information content (AvgIpc) is 2.90. The fraction of sp³-hybridized carbons (Fsp3) is 0.185. The molecule has 0 radical (unpaired) electrons. The highest BCUT2D eigenvalue weighted by Gasteiger charge is 2.13. The number of aryl methyl sites for hydroxylation is 1. The van der Waals surface area contributed by atoms with Crippen molar-refractivity contribution >= 4 is 46.0 Å². The van der Waals surface area contributed by atoms with E-state index < -0.39 is 0 Å². The van der Waals surface area contributed by atoms with Crippen LogP contribution in [0.15, 0.2) is 71.0 Å². The molecule has 11 heteroatoms. The van der Waals surface area contributed by atoms with Gasteiger partial charge in [0.25, 0.3) is 0 Å². The number of rotatable bonds is 8. The third-order valence-electron chi connectivity index (χ3n) is 5.73. The minimum atomic E-state index is -0.138. The van der Waals surface area contributed by atoms with Crippen molar-refractivity contribution in [3.05, 3.63) is 88.0 Å². The fourth-order valence-corrected chi connectivity index (χ4v) is 3.81. The van der Waals surface area contributed by atoms with Crippen LogP contribution in [0, 0.1) is 0 Å². The third-order valence-corrected chi connectivity index (χ3v) is 5.94. The highest BCUT2D eigenvalue weighted by Crippen LogP contribution is 2.28. The molecular formula is C27H27ClN8O2. The molecule has 0 saturated carbocycles. The number of fused-ring (bicyclic) bond motifs is 1. The number of aliphatic imine (C=N–C) groups is 1. The summed E-state index contributed by atoms with van der Waals surface area (Å²) in [5.74, 6) is 0.775. The van der Waals surface area contributed by atoms with E-state index >= 15 is 0 Å². The molecule has 0 spiro atoms. The summed E-state index contributed by atoms with van der Waals surface area (Å²) in [7, 11) is 5.05. The van der Waals surface area contributed by atoms with Gasteiger partial charge in [-0.2, -0.15) is 0 Å². The first-order chi connectivity index (χ1) is 18.2. The number of halogens is 1. The summed E-state index contributed by atoms with van der Waals surface area (Å²) in [6.07, 6.45) is 7.92. The fourth-order valence-electron chi connectivity index (χ4n) is 3.61. The van der Waals surface area contributed by atoms with E-state index in [1.165, 1.54) is 27.9 Å². The molecule has 0 saturated heterocycles. The summed E-state index contributed by atoms with van der Waals surface area (Å²) >= 11 is 6.11. The number of aromatic nitrogens is 4. The van der Waals surface area contributed by atoms with Gasteiger partial charge >= 0.3 is 0 Å². The normalized spacial score (nSPS) is 11.7. The Morgan fingerprint density at radius 3 is 2.66 bits per heavy atom. The number of hydrogen-bond acceptors (Lipinski definition) is 8. The van der Waals surface area contributed by atoms with Gasteiger partial charge in [0.1, 0.15) is 12.4 Å². The highest BCUT2D eigenvalue weighted by atomic mass is 35.5. The van der Waals surface area contributed by atoms with Gasteiger partial charge in [-0.05, 0) is 41.0 Å². The number of nitrogens with one attached hydrogen (secondary N) is 1. The van der Waals surface area contributed by atoms with Crippen molar-refractivity contribution in [1.29, 1.82) is 0 Å². The molecule has 38 heavy (non-hydrogen) atoms. The van der Waals surface area contributed by atoms with E-state index in [0.29, 0.717) is 34.3 Å². The Balaban J connectivity index is 1.76. The lowest BCUT2D eigenvalue weighted by molar-refractivity contribution is -0.127. The van der Waals surface area contributed by atoms with Crippen molar-refractivity contribution in [2.24, 2.45) is 17.8 Å². The number of amides is 1. The number of benzene rings is 1. The lowest BCUT2D eigenvalue weighted by Crippen LogP contribution is -2.24. The largest absolute Gasteiger partial charge is 0.404 e. The SMILES string of the molecule is CN(C)C(=O)CN=CC(=CN)c1nc(NCc2cncc(Cl)c2)c2cc(-c3ccc(=O)n(C)c3)ccc2n1. The molecule has 0 unspecified atom stereocenters. The summed E-state index contributed by atoms with van der Waals surface area (Å²) in [6.45, 7) is 0.393. The first kappa shape index (κ1) is 26.5. The molecular weight excluding hydrogens is 504 g/mol. The van der Waals surface area contributed by atoms with Crippen LogP contribution in [-0.4, -0.2) is 57.2 Å². The highest BCUT2D eigenvalue weighted by molar-refractivity contribution is 6.30. The minimum absolute atomic E-state index is 0.0201. The molecule has 10 nitrogen and oxygen atoms in total. The lowest BCUT2D eigenvalue weighted by Gasteiger charge is -2.13. The molecule has 0 fully saturated rings. The van der Waals surface area contributed by atoms with E-state index in [9.17, 15) is 9.59 Å². The van der Waals surface area contributed by atoms with E-state index in [2.05, 4.69) is 15.3 Å². The first-order valence-corrected chi connectivity index (χ1v) is 12.1. The predicted molar refractivity (Wildman–Crippen MR) is 151 cm³/mol. The van der Waals surface area contributed by atoms with Gasteiger partial charge in [0.15, 0.2) is 5.82 Å². The van der Waals surface area contributed by atoms with E-state index in [0.717, 1.165) is 22.1 Å². The van der Waals surface area contributed by atoms with Crippen molar-refractivity contribution in [3.8, 4) is 11.1 Å². The third kappa shape index (κ3) is 6.22. The predicted octanol–water partition coefficient (Wildman–Crippen LogP) is 3.11. The Labute approximate surface area is 224 Å². The van der Waals surface area contributed by atoms with Gasteiger partial charge in [-0.1, -0.05) is 17.7 Å². The van der Waals surface area contributed by atoms with Crippen molar-refractivity contribution < 1.29 is 4.79 Å². The van der Waals surface area contributed by atoms with Crippen LogP contribution in [0.1, 0.15) is 11.4 Å². The van der Waals surface area contributed by atoms with Gasteiger partial charge in [-0.25, -0.2) is 9.97 Å². The monoisotopic (exact) mass is 530 g/mol. The van der Waals surface area contributed by atoms with Crippen LogP contribution in [-0.2, 0) is 18.4 Å². The van der Waals surface area contributed by atoms with E-state index in [-0.39, 0.29) is 18.0 Å². The Bertz CT molecular complexity index is 1610. The quantitative estimate of drug-likeness (QED) is 0.334. The zero-order valence-corrected chi connectivity index (χ0v) is 22.0. The first-order valence-electron chi connectivity index (χ1n) is 11.7. The molecule has 4 aromatic rings. The van der Waals surface area contributed by atoms with Crippen molar-refractivity contribution in [2.45, 2.75) is 6.54 Å². The van der Waals surface area contributed by atoms with Crippen LogP contribution in [0.4, 0.5) is 5.82 Å². The van der Waals surface area contributed by atoms with E-state index in [4.69, 9.17) is 27.3 Å². The Hall–Kier alpha value is -4.57. The molecule has 1 aromatic carbocycles. The van der Waals surface area contributed by atoms with Crippen LogP contribution in [0.2, 0.25) is 5.02 Å². The summed E-state index contributed by atoms with van der Waals surface area (Å²) < 4.78 is 1.53. The van der Waals surface area contributed by atoms with E-state index in [1.807, 2.05) is 24.3 Å². The summed E-state index contributed by atoms with van der Waals surface area (Å²) in [4.78, 5) is 43.0. The van der Waals surface area contributed by atoms with Gasteiger partial charge in [0.2, 0.25) is 11.5 Å². The topological polar surface area (TPSA) is 131 Å². The molecule has 3 aromatic heterocycles. The van der Waals surface area contributed by atoms with Gasteiger partial charge in [-0.3, -0.25) is 19.6 Å². The maximum absolute atomic E-state index is 11.9. The molecule has 0 aliphatic rings. The number of hydrogen-bond donors (Lipinski definition) is 2. The van der Waals surface area contributed by atoms with Crippen LogP contribution < -0.4 is 16.6 Å². The molecule has 3 heterocycles. The maximum atomic E-state index is 11.9. The van der Waals surface area contributed by atoms with Crippen molar-refractivity contribution in [3.63, 3.8) is 0 Å². The number of likely N-dealkylation sites (N-methyl/N-ethyl adjacent to an activating group) is 1. The summed E-state index contributed by atoms with van der Waals surface area (Å²) in [5, 5.41) is 4.66. The molecule has 1 amide bonds. The molecule has 3 N–H and O–H groups in total. The minimum Gasteiger partial charge on any atom is -0.404 e. The standard InChI is InChI=1S/C27H27ClN8O2/c1-35(2)25(38)15-31-13-20(10-29)26-33-23-6-4-18(19-5-7-24(37)36(3)16-19)9-22(23)27(34-26)32-12-17-8-21(28)14-30-11-17/h4-11,13-14,16H,12,15,29H2,1-3H3,(H,32,33,34). The molecule has 0 aliphatic heterocycles. The molecule has 194 valence electrons. The molecule has 0 bridgehead atoms. The molecule has 0 atom stereocenters. The smallest absolute Gasteiger partial charge is 0.250 e. The van der Waals surface area contributed by atoms with Crippen LogP contribution in [0.3, 0.4) is 0 Å². The van der Waals surface area contributed by atoms with Gasteiger partial charge in [0.05, 0.1) is 16.1 Å².